The molecule has 1 saturated heterocycles. The molecule has 2 unspecified atom stereocenters. The Morgan fingerprint density at radius 2 is 2.17 bits per heavy atom. The van der Waals surface area contributed by atoms with Crippen molar-refractivity contribution >= 4 is 11.9 Å². The second kappa shape index (κ2) is 7.36. The van der Waals surface area contributed by atoms with Gasteiger partial charge < -0.3 is 14.8 Å². The van der Waals surface area contributed by atoms with E-state index >= 15 is 0 Å². The largest absolute Gasteiger partial charge is 0.467 e. The smallest absolute Gasteiger partial charge is 0.328 e. The fraction of sp³-hybridized carbons (Fsp3) is 0.846. The molecule has 5 heteroatoms. The van der Waals surface area contributed by atoms with Crippen molar-refractivity contribution in [2.45, 2.75) is 39.2 Å². The maximum Gasteiger partial charge on any atom is 0.328 e. The molecule has 0 aliphatic carbocycles. The molecule has 0 aromatic rings. The first kappa shape index (κ1) is 15.0. The number of amides is 1. The normalized spacial score (nSPS) is 21.4. The van der Waals surface area contributed by atoms with Crippen LogP contribution in [0.4, 0.5) is 0 Å². The van der Waals surface area contributed by atoms with E-state index in [1.54, 1.807) is 0 Å². The minimum absolute atomic E-state index is 0.106. The van der Waals surface area contributed by atoms with Crippen LogP contribution in [0.25, 0.3) is 0 Å². The van der Waals surface area contributed by atoms with Gasteiger partial charge in [-0.15, -0.1) is 0 Å². The van der Waals surface area contributed by atoms with Crippen LogP contribution in [0.1, 0.15) is 33.1 Å². The standard InChI is InChI=1S/C13H23NO4/c1-9(2)7-11(13(16)17-3)14-12(15)10-5-4-6-18-8-10/h9-11H,4-8H2,1-3H3,(H,14,15). The highest BCUT2D eigenvalue weighted by Gasteiger charge is 2.27. The second-order valence-corrected chi connectivity index (χ2v) is 5.13. The van der Waals surface area contributed by atoms with E-state index in [-0.39, 0.29) is 17.8 Å². The molecule has 0 radical (unpaired) electrons. The molecule has 5 nitrogen and oxygen atoms in total. The van der Waals surface area contributed by atoms with Gasteiger partial charge in [0.2, 0.25) is 5.91 Å². The van der Waals surface area contributed by atoms with Gasteiger partial charge in [-0.05, 0) is 25.2 Å². The highest BCUT2D eigenvalue weighted by molar-refractivity contribution is 5.85. The molecule has 0 aromatic carbocycles. The van der Waals surface area contributed by atoms with Crippen molar-refractivity contribution in [3.63, 3.8) is 0 Å². The SMILES string of the molecule is COC(=O)C(CC(C)C)NC(=O)C1CCCOC1. The molecule has 2 atom stereocenters. The van der Waals surface area contributed by atoms with E-state index < -0.39 is 6.04 Å². The zero-order valence-corrected chi connectivity index (χ0v) is 11.4. The quantitative estimate of drug-likeness (QED) is 0.749. The number of hydrogen-bond acceptors (Lipinski definition) is 4. The van der Waals surface area contributed by atoms with E-state index in [0.29, 0.717) is 18.9 Å². The van der Waals surface area contributed by atoms with Gasteiger partial charge in [-0.1, -0.05) is 13.8 Å². The van der Waals surface area contributed by atoms with Gasteiger partial charge in [-0.3, -0.25) is 4.79 Å². The minimum Gasteiger partial charge on any atom is -0.467 e. The Hall–Kier alpha value is -1.10. The number of methoxy groups -OCH3 is 1. The number of ether oxygens (including phenoxy) is 2. The summed E-state index contributed by atoms with van der Waals surface area (Å²) in [7, 11) is 1.34. The molecule has 0 spiro atoms. The third kappa shape index (κ3) is 4.64. The number of nitrogens with one attached hydrogen (secondary N) is 1. The molecule has 1 amide bonds. The van der Waals surface area contributed by atoms with Gasteiger partial charge in [-0.2, -0.15) is 0 Å². The van der Waals surface area contributed by atoms with E-state index in [9.17, 15) is 9.59 Å². The molecule has 1 heterocycles. The molecular weight excluding hydrogens is 234 g/mol. The maximum atomic E-state index is 12.0. The average Bonchev–Trinajstić information content (AvgIpc) is 2.37. The van der Waals surface area contributed by atoms with Crippen LogP contribution in [0.2, 0.25) is 0 Å². The summed E-state index contributed by atoms with van der Waals surface area (Å²) in [6.45, 7) is 5.18. The van der Waals surface area contributed by atoms with Crippen molar-refractivity contribution in [3.05, 3.63) is 0 Å². The van der Waals surface area contributed by atoms with Crippen molar-refractivity contribution in [2.24, 2.45) is 11.8 Å². The number of carbonyl (C=O) groups excluding carboxylic acids is 2. The van der Waals surface area contributed by atoms with Crippen LogP contribution in [0.15, 0.2) is 0 Å². The summed E-state index contributed by atoms with van der Waals surface area (Å²) in [6, 6.07) is -0.551. The Morgan fingerprint density at radius 1 is 1.44 bits per heavy atom. The molecule has 0 aromatic heterocycles. The molecule has 18 heavy (non-hydrogen) atoms. The lowest BCUT2D eigenvalue weighted by Crippen LogP contribution is -2.46. The summed E-state index contributed by atoms with van der Waals surface area (Å²) in [5.74, 6) is -0.311. The lowest BCUT2D eigenvalue weighted by Gasteiger charge is -2.24. The summed E-state index contributed by atoms with van der Waals surface area (Å²) < 4.78 is 9.99. The lowest BCUT2D eigenvalue weighted by molar-refractivity contribution is -0.146. The van der Waals surface area contributed by atoms with Crippen molar-refractivity contribution in [3.8, 4) is 0 Å². The molecule has 104 valence electrons. The Morgan fingerprint density at radius 3 is 2.67 bits per heavy atom. The topological polar surface area (TPSA) is 64.6 Å². The van der Waals surface area contributed by atoms with Gasteiger partial charge in [-0.25, -0.2) is 4.79 Å². The zero-order chi connectivity index (χ0) is 13.5. The highest BCUT2D eigenvalue weighted by Crippen LogP contribution is 2.15. The molecule has 1 fully saturated rings. The minimum atomic E-state index is -0.551. The van der Waals surface area contributed by atoms with E-state index in [1.165, 1.54) is 7.11 Å². The highest BCUT2D eigenvalue weighted by atomic mass is 16.5. The van der Waals surface area contributed by atoms with Crippen LogP contribution in [-0.2, 0) is 19.1 Å². The molecule has 0 bridgehead atoms. The van der Waals surface area contributed by atoms with Crippen molar-refractivity contribution < 1.29 is 19.1 Å². The van der Waals surface area contributed by atoms with Gasteiger partial charge in [0.05, 0.1) is 19.6 Å². The van der Waals surface area contributed by atoms with Crippen LogP contribution < -0.4 is 5.32 Å². The summed E-state index contributed by atoms with van der Waals surface area (Å²) >= 11 is 0. The number of esters is 1. The second-order valence-electron chi connectivity index (χ2n) is 5.13. The van der Waals surface area contributed by atoms with Crippen molar-refractivity contribution in [2.75, 3.05) is 20.3 Å². The van der Waals surface area contributed by atoms with E-state index in [0.717, 1.165) is 19.4 Å². The fourth-order valence-electron chi connectivity index (χ4n) is 2.06. The van der Waals surface area contributed by atoms with Gasteiger partial charge in [0.25, 0.3) is 0 Å². The zero-order valence-electron chi connectivity index (χ0n) is 11.4. The molecule has 1 aliphatic rings. The summed E-state index contributed by atoms with van der Waals surface area (Å²) in [5, 5.41) is 2.78. The molecule has 1 N–H and O–H groups in total. The number of carbonyl (C=O) groups is 2. The molecular formula is C13H23NO4. The summed E-state index contributed by atoms with van der Waals surface area (Å²) in [5.41, 5.74) is 0. The van der Waals surface area contributed by atoms with Crippen LogP contribution in [-0.4, -0.2) is 38.2 Å². The summed E-state index contributed by atoms with van der Waals surface area (Å²) in [4.78, 5) is 23.6. The fourth-order valence-corrected chi connectivity index (χ4v) is 2.06. The number of rotatable bonds is 5. The first-order valence-electron chi connectivity index (χ1n) is 6.50. The van der Waals surface area contributed by atoms with Crippen LogP contribution in [0.3, 0.4) is 0 Å². The first-order chi connectivity index (χ1) is 8.54. The monoisotopic (exact) mass is 257 g/mol. The Balaban J connectivity index is 2.52. The third-order valence-corrected chi connectivity index (χ3v) is 3.04. The predicted octanol–water partition coefficient (Wildman–Crippen LogP) is 1.12. The maximum absolute atomic E-state index is 12.0. The van der Waals surface area contributed by atoms with E-state index in [4.69, 9.17) is 9.47 Å². The van der Waals surface area contributed by atoms with Crippen LogP contribution in [0.5, 0.6) is 0 Å². The first-order valence-corrected chi connectivity index (χ1v) is 6.50. The lowest BCUT2D eigenvalue weighted by atomic mass is 9.99. The van der Waals surface area contributed by atoms with E-state index in [2.05, 4.69) is 5.32 Å². The Kier molecular flexibility index (Phi) is 6.12. The van der Waals surface area contributed by atoms with Crippen LogP contribution in [0, 0.1) is 11.8 Å². The third-order valence-electron chi connectivity index (χ3n) is 3.04. The van der Waals surface area contributed by atoms with Gasteiger partial charge >= 0.3 is 5.97 Å². The number of hydrogen-bond donors (Lipinski definition) is 1. The Labute approximate surface area is 108 Å². The van der Waals surface area contributed by atoms with Crippen molar-refractivity contribution in [1.82, 2.24) is 5.32 Å². The summed E-state index contributed by atoms with van der Waals surface area (Å²) in [6.07, 6.45) is 2.30. The van der Waals surface area contributed by atoms with Gasteiger partial charge in [0.1, 0.15) is 6.04 Å². The van der Waals surface area contributed by atoms with E-state index in [1.807, 2.05) is 13.8 Å². The molecule has 1 rings (SSSR count). The molecule has 1 aliphatic heterocycles. The predicted molar refractivity (Wildman–Crippen MR) is 66.9 cm³/mol. The van der Waals surface area contributed by atoms with Gasteiger partial charge in [0, 0.05) is 6.61 Å². The molecule has 0 saturated carbocycles. The van der Waals surface area contributed by atoms with Gasteiger partial charge in [0.15, 0.2) is 0 Å². The van der Waals surface area contributed by atoms with Crippen molar-refractivity contribution in [1.29, 1.82) is 0 Å². The Bertz CT molecular complexity index is 285. The average molecular weight is 257 g/mol. The van der Waals surface area contributed by atoms with Crippen LogP contribution >= 0.6 is 0 Å².